The zero-order valence-electron chi connectivity index (χ0n) is 9.06. The maximum atomic E-state index is 9.85. The lowest BCUT2D eigenvalue weighted by Gasteiger charge is -2.09. The highest BCUT2D eigenvalue weighted by Gasteiger charge is 2.22. The van der Waals surface area contributed by atoms with E-state index in [1.54, 1.807) is 0 Å². The highest BCUT2D eigenvalue weighted by Crippen LogP contribution is 2.37. The maximum absolute atomic E-state index is 9.85. The van der Waals surface area contributed by atoms with E-state index in [-0.39, 0.29) is 6.10 Å². The van der Waals surface area contributed by atoms with Crippen molar-refractivity contribution in [3.05, 3.63) is 59.7 Å². The molecular weight excluding hydrogens is 196 g/mol. The molecule has 3 rings (SSSR count). The van der Waals surface area contributed by atoms with Gasteiger partial charge in [0.25, 0.3) is 0 Å². The Morgan fingerprint density at radius 3 is 2.56 bits per heavy atom. The van der Waals surface area contributed by atoms with Gasteiger partial charge in [0.1, 0.15) is 0 Å². The van der Waals surface area contributed by atoms with Gasteiger partial charge >= 0.3 is 0 Å². The van der Waals surface area contributed by atoms with Crippen LogP contribution in [0.3, 0.4) is 0 Å². The summed E-state index contributed by atoms with van der Waals surface area (Å²) >= 11 is 0. The first-order valence-electron chi connectivity index (χ1n) is 5.71. The number of benzene rings is 2. The molecule has 0 aromatic heterocycles. The third-order valence-electron chi connectivity index (χ3n) is 3.32. The summed E-state index contributed by atoms with van der Waals surface area (Å²) in [6.45, 7) is 0. The summed E-state index contributed by atoms with van der Waals surface area (Å²) in [5.41, 5.74) is 4.95. The molecule has 0 amide bonds. The van der Waals surface area contributed by atoms with E-state index >= 15 is 0 Å². The lowest BCUT2D eigenvalue weighted by Crippen LogP contribution is -1.91. The summed E-state index contributed by atoms with van der Waals surface area (Å²) in [5.74, 6) is 0. The molecule has 1 aliphatic rings. The minimum atomic E-state index is -0.265. The fraction of sp³-hybridized carbons (Fsp3) is 0.200. The fourth-order valence-corrected chi connectivity index (χ4v) is 2.52. The van der Waals surface area contributed by atoms with Gasteiger partial charge in [0.05, 0.1) is 6.10 Å². The molecule has 0 bridgehead atoms. The smallest absolute Gasteiger partial charge is 0.0796 e. The van der Waals surface area contributed by atoms with Gasteiger partial charge in [-0.3, -0.25) is 0 Å². The van der Waals surface area contributed by atoms with E-state index in [0.29, 0.717) is 0 Å². The number of aliphatic hydroxyl groups is 1. The highest BCUT2D eigenvalue weighted by atomic mass is 16.3. The molecule has 0 radical (unpaired) electrons. The molecule has 0 aliphatic heterocycles. The molecule has 16 heavy (non-hydrogen) atoms. The van der Waals surface area contributed by atoms with Gasteiger partial charge in [-0.15, -0.1) is 0 Å². The molecule has 1 aliphatic carbocycles. The topological polar surface area (TPSA) is 20.2 Å². The van der Waals surface area contributed by atoms with Gasteiger partial charge in [0, 0.05) is 0 Å². The van der Waals surface area contributed by atoms with Gasteiger partial charge in [-0.25, -0.2) is 0 Å². The van der Waals surface area contributed by atoms with Crippen molar-refractivity contribution < 1.29 is 5.11 Å². The van der Waals surface area contributed by atoms with Crippen molar-refractivity contribution in [2.45, 2.75) is 18.9 Å². The Morgan fingerprint density at radius 2 is 1.75 bits per heavy atom. The Morgan fingerprint density at radius 1 is 0.938 bits per heavy atom. The molecule has 1 nitrogen and oxygen atoms in total. The van der Waals surface area contributed by atoms with Crippen LogP contribution in [0.25, 0.3) is 11.1 Å². The van der Waals surface area contributed by atoms with E-state index in [1.807, 2.05) is 18.2 Å². The summed E-state index contributed by atoms with van der Waals surface area (Å²) in [4.78, 5) is 0. The van der Waals surface area contributed by atoms with Gasteiger partial charge in [0.15, 0.2) is 0 Å². The van der Waals surface area contributed by atoms with Crippen LogP contribution in [0.1, 0.15) is 23.7 Å². The second-order valence-electron chi connectivity index (χ2n) is 4.29. The molecule has 2 aromatic rings. The van der Waals surface area contributed by atoms with Crippen molar-refractivity contribution in [3.8, 4) is 11.1 Å². The van der Waals surface area contributed by atoms with Gasteiger partial charge < -0.3 is 5.11 Å². The quantitative estimate of drug-likeness (QED) is 0.765. The monoisotopic (exact) mass is 210 g/mol. The number of rotatable bonds is 1. The van der Waals surface area contributed by atoms with E-state index in [0.717, 1.165) is 18.4 Å². The summed E-state index contributed by atoms with van der Waals surface area (Å²) in [6.07, 6.45) is 1.58. The average molecular weight is 210 g/mol. The molecule has 0 unspecified atom stereocenters. The Hall–Kier alpha value is -1.60. The van der Waals surface area contributed by atoms with E-state index in [2.05, 4.69) is 30.3 Å². The highest BCUT2D eigenvalue weighted by molar-refractivity contribution is 5.69. The first kappa shape index (κ1) is 9.61. The summed E-state index contributed by atoms with van der Waals surface area (Å²) in [7, 11) is 0. The van der Waals surface area contributed by atoms with Crippen molar-refractivity contribution >= 4 is 0 Å². The number of hydrogen-bond acceptors (Lipinski definition) is 1. The van der Waals surface area contributed by atoms with Crippen LogP contribution in [-0.2, 0) is 6.42 Å². The normalized spacial score (nSPS) is 18.4. The van der Waals surface area contributed by atoms with E-state index in [9.17, 15) is 5.11 Å². The van der Waals surface area contributed by atoms with E-state index in [4.69, 9.17) is 0 Å². The van der Waals surface area contributed by atoms with Gasteiger partial charge in [-0.1, -0.05) is 48.5 Å². The molecule has 0 heterocycles. The Kier molecular flexibility index (Phi) is 2.26. The minimum absolute atomic E-state index is 0.265. The Balaban J connectivity index is 2.17. The van der Waals surface area contributed by atoms with Crippen molar-refractivity contribution in [3.63, 3.8) is 0 Å². The van der Waals surface area contributed by atoms with Crippen molar-refractivity contribution in [1.82, 2.24) is 0 Å². The molecule has 1 heteroatoms. The molecule has 0 spiro atoms. The Bertz CT molecular complexity index is 502. The number of aliphatic hydroxyl groups excluding tert-OH is 1. The summed E-state index contributed by atoms with van der Waals surface area (Å²) in [6, 6.07) is 16.6. The predicted molar refractivity (Wildman–Crippen MR) is 65.2 cm³/mol. The summed E-state index contributed by atoms with van der Waals surface area (Å²) < 4.78 is 0. The molecule has 0 saturated carbocycles. The molecule has 1 atom stereocenters. The van der Waals surface area contributed by atoms with Crippen LogP contribution >= 0.6 is 0 Å². The second-order valence-corrected chi connectivity index (χ2v) is 4.29. The first-order valence-corrected chi connectivity index (χ1v) is 5.71. The largest absolute Gasteiger partial charge is 0.388 e. The van der Waals surface area contributed by atoms with Gasteiger partial charge in [-0.2, -0.15) is 0 Å². The third kappa shape index (κ3) is 1.44. The third-order valence-corrected chi connectivity index (χ3v) is 3.32. The molecule has 1 N–H and O–H groups in total. The van der Waals surface area contributed by atoms with Crippen LogP contribution in [0, 0.1) is 0 Å². The number of hydrogen-bond donors (Lipinski definition) is 1. The minimum Gasteiger partial charge on any atom is -0.388 e. The van der Waals surface area contributed by atoms with Crippen LogP contribution in [-0.4, -0.2) is 5.11 Å². The average Bonchev–Trinajstić information content (AvgIpc) is 2.73. The molecule has 0 saturated heterocycles. The molecular formula is C15H14O. The summed E-state index contributed by atoms with van der Waals surface area (Å²) in [5, 5.41) is 9.85. The lowest BCUT2D eigenvalue weighted by molar-refractivity contribution is 0.180. The van der Waals surface area contributed by atoms with Crippen LogP contribution in [0.2, 0.25) is 0 Å². The van der Waals surface area contributed by atoms with E-state index in [1.165, 1.54) is 16.7 Å². The molecule has 80 valence electrons. The standard InChI is InChI=1S/C15H14O/c16-15-10-9-13-12(7-4-8-14(13)15)11-5-2-1-3-6-11/h1-8,15-16H,9-10H2/t15-/m0/s1. The maximum Gasteiger partial charge on any atom is 0.0796 e. The van der Waals surface area contributed by atoms with Crippen LogP contribution in [0.5, 0.6) is 0 Å². The SMILES string of the molecule is O[C@H]1CCc2c(-c3ccccc3)cccc21. The van der Waals surface area contributed by atoms with Crippen LogP contribution in [0.4, 0.5) is 0 Å². The molecule has 2 aromatic carbocycles. The van der Waals surface area contributed by atoms with Crippen LogP contribution < -0.4 is 0 Å². The second kappa shape index (κ2) is 3.76. The zero-order valence-corrected chi connectivity index (χ0v) is 9.06. The Labute approximate surface area is 95.4 Å². The molecule has 0 fully saturated rings. The lowest BCUT2D eigenvalue weighted by atomic mass is 9.97. The van der Waals surface area contributed by atoms with E-state index < -0.39 is 0 Å². The predicted octanol–water partition coefficient (Wildman–Crippen LogP) is 3.33. The number of fused-ring (bicyclic) bond motifs is 1. The van der Waals surface area contributed by atoms with Crippen molar-refractivity contribution in [1.29, 1.82) is 0 Å². The van der Waals surface area contributed by atoms with Crippen molar-refractivity contribution in [2.24, 2.45) is 0 Å². The first-order chi connectivity index (χ1) is 7.86. The van der Waals surface area contributed by atoms with Gasteiger partial charge in [0.2, 0.25) is 0 Å². The van der Waals surface area contributed by atoms with Gasteiger partial charge in [-0.05, 0) is 35.1 Å². The van der Waals surface area contributed by atoms with Crippen LogP contribution in [0.15, 0.2) is 48.5 Å². The van der Waals surface area contributed by atoms with Crippen molar-refractivity contribution in [2.75, 3.05) is 0 Å². The zero-order chi connectivity index (χ0) is 11.0. The fourth-order valence-electron chi connectivity index (χ4n) is 2.52.